The van der Waals surface area contributed by atoms with Gasteiger partial charge in [-0.2, -0.15) is 0 Å². The molecular formula is C12H19ClN2S. The van der Waals surface area contributed by atoms with Crippen molar-refractivity contribution in [3.05, 3.63) is 16.1 Å². The molecule has 2 nitrogen and oxygen atoms in total. The summed E-state index contributed by atoms with van der Waals surface area (Å²) < 4.78 is 0. The van der Waals surface area contributed by atoms with Crippen molar-refractivity contribution >= 4 is 22.9 Å². The number of hydrogen-bond donors (Lipinski definition) is 0. The minimum atomic E-state index is 0.535. The Balaban J connectivity index is 1.88. The van der Waals surface area contributed by atoms with Gasteiger partial charge in [0.05, 0.1) is 18.1 Å². The van der Waals surface area contributed by atoms with E-state index in [9.17, 15) is 0 Å². The SMILES string of the molecule is CC1CCCN(Cc2nc(CCl)cs2)CC1. The quantitative estimate of drug-likeness (QED) is 0.772. The monoisotopic (exact) mass is 258 g/mol. The van der Waals surface area contributed by atoms with E-state index in [0.717, 1.165) is 18.2 Å². The van der Waals surface area contributed by atoms with Gasteiger partial charge >= 0.3 is 0 Å². The molecule has 0 N–H and O–H groups in total. The van der Waals surface area contributed by atoms with Crippen molar-refractivity contribution in [3.63, 3.8) is 0 Å². The van der Waals surface area contributed by atoms with Crippen molar-refractivity contribution in [1.29, 1.82) is 0 Å². The third-order valence-corrected chi connectivity index (χ3v) is 4.36. The topological polar surface area (TPSA) is 16.1 Å². The fourth-order valence-electron chi connectivity index (χ4n) is 2.15. The van der Waals surface area contributed by atoms with Crippen LogP contribution in [0.4, 0.5) is 0 Å². The number of thiazole rings is 1. The van der Waals surface area contributed by atoms with E-state index in [1.165, 1.54) is 37.4 Å². The maximum atomic E-state index is 5.76. The van der Waals surface area contributed by atoms with E-state index in [-0.39, 0.29) is 0 Å². The van der Waals surface area contributed by atoms with Gasteiger partial charge in [-0.15, -0.1) is 22.9 Å². The molecule has 0 aromatic carbocycles. The summed E-state index contributed by atoms with van der Waals surface area (Å²) in [5.41, 5.74) is 1.02. The Hall–Kier alpha value is -0.120. The number of alkyl halides is 1. The number of likely N-dealkylation sites (tertiary alicyclic amines) is 1. The van der Waals surface area contributed by atoms with Gasteiger partial charge in [-0.1, -0.05) is 6.92 Å². The number of halogens is 1. The first-order valence-electron chi connectivity index (χ1n) is 5.99. The van der Waals surface area contributed by atoms with Gasteiger partial charge in [-0.3, -0.25) is 4.90 Å². The molecule has 1 atom stereocenters. The van der Waals surface area contributed by atoms with Crippen LogP contribution in [0.15, 0.2) is 5.38 Å². The van der Waals surface area contributed by atoms with Gasteiger partial charge in [0.15, 0.2) is 0 Å². The van der Waals surface area contributed by atoms with Crippen molar-refractivity contribution in [2.75, 3.05) is 13.1 Å². The number of aromatic nitrogens is 1. The summed E-state index contributed by atoms with van der Waals surface area (Å²) in [6, 6.07) is 0. The molecule has 1 saturated heterocycles. The van der Waals surface area contributed by atoms with E-state index >= 15 is 0 Å². The van der Waals surface area contributed by atoms with Crippen LogP contribution in [0.2, 0.25) is 0 Å². The van der Waals surface area contributed by atoms with E-state index in [1.54, 1.807) is 11.3 Å². The molecule has 1 aromatic rings. The molecule has 90 valence electrons. The standard InChI is InChI=1S/C12H19ClN2S/c1-10-3-2-5-15(6-4-10)8-12-14-11(7-13)9-16-12/h9-10H,2-8H2,1H3. The Kier molecular flexibility index (Phi) is 4.62. The molecule has 1 aromatic heterocycles. The van der Waals surface area contributed by atoms with E-state index < -0.39 is 0 Å². The Bertz CT molecular complexity index is 327. The zero-order valence-electron chi connectivity index (χ0n) is 9.79. The van der Waals surface area contributed by atoms with Crippen LogP contribution in [0, 0.1) is 5.92 Å². The Morgan fingerprint density at radius 1 is 1.50 bits per heavy atom. The van der Waals surface area contributed by atoms with Gasteiger partial charge in [-0.25, -0.2) is 4.98 Å². The molecule has 0 saturated carbocycles. The number of rotatable bonds is 3. The third kappa shape index (κ3) is 3.44. The smallest absolute Gasteiger partial charge is 0.107 e. The van der Waals surface area contributed by atoms with E-state index in [1.807, 2.05) is 0 Å². The highest BCUT2D eigenvalue weighted by atomic mass is 35.5. The summed E-state index contributed by atoms with van der Waals surface area (Å²) in [6.45, 7) is 5.81. The van der Waals surface area contributed by atoms with E-state index in [4.69, 9.17) is 11.6 Å². The Morgan fingerprint density at radius 3 is 3.12 bits per heavy atom. The predicted octanol–water partition coefficient (Wildman–Crippen LogP) is 3.50. The van der Waals surface area contributed by atoms with Crippen LogP contribution in [-0.4, -0.2) is 23.0 Å². The van der Waals surface area contributed by atoms with Crippen molar-refractivity contribution in [2.24, 2.45) is 5.92 Å². The summed E-state index contributed by atoms with van der Waals surface area (Å²) in [5, 5.41) is 3.29. The fraction of sp³-hybridized carbons (Fsp3) is 0.750. The second kappa shape index (κ2) is 5.99. The Labute approximate surface area is 107 Å². The molecule has 1 aliphatic heterocycles. The zero-order chi connectivity index (χ0) is 11.4. The second-order valence-corrected chi connectivity index (χ2v) is 5.89. The van der Waals surface area contributed by atoms with Gasteiger partial charge in [0.25, 0.3) is 0 Å². The van der Waals surface area contributed by atoms with Crippen molar-refractivity contribution < 1.29 is 0 Å². The lowest BCUT2D eigenvalue weighted by Gasteiger charge is -2.18. The molecule has 2 rings (SSSR count). The van der Waals surface area contributed by atoms with Crippen LogP contribution in [0.1, 0.15) is 36.9 Å². The lowest BCUT2D eigenvalue weighted by molar-refractivity contribution is 0.273. The molecule has 1 fully saturated rings. The van der Waals surface area contributed by atoms with Crippen molar-refractivity contribution in [3.8, 4) is 0 Å². The zero-order valence-corrected chi connectivity index (χ0v) is 11.4. The van der Waals surface area contributed by atoms with Crippen LogP contribution in [-0.2, 0) is 12.4 Å². The first-order valence-corrected chi connectivity index (χ1v) is 7.41. The molecular weight excluding hydrogens is 240 g/mol. The molecule has 1 unspecified atom stereocenters. The lowest BCUT2D eigenvalue weighted by Crippen LogP contribution is -2.24. The van der Waals surface area contributed by atoms with Gasteiger partial charge in [0.2, 0.25) is 0 Å². The first kappa shape index (κ1) is 12.3. The minimum absolute atomic E-state index is 0.535. The first-order chi connectivity index (χ1) is 7.78. The minimum Gasteiger partial charge on any atom is -0.297 e. The summed E-state index contributed by atoms with van der Waals surface area (Å²) in [5.74, 6) is 1.42. The average molecular weight is 259 g/mol. The van der Waals surface area contributed by atoms with Crippen LogP contribution in [0.3, 0.4) is 0 Å². The van der Waals surface area contributed by atoms with Crippen molar-refractivity contribution in [2.45, 2.75) is 38.6 Å². The maximum Gasteiger partial charge on any atom is 0.107 e. The number of nitrogens with zero attached hydrogens (tertiary/aromatic N) is 2. The summed E-state index contributed by atoms with van der Waals surface area (Å²) >= 11 is 7.50. The van der Waals surface area contributed by atoms with Crippen LogP contribution in [0.5, 0.6) is 0 Å². The highest BCUT2D eigenvalue weighted by Gasteiger charge is 2.14. The van der Waals surface area contributed by atoms with E-state index in [0.29, 0.717) is 5.88 Å². The summed E-state index contributed by atoms with van der Waals surface area (Å²) in [4.78, 5) is 7.05. The molecule has 2 heterocycles. The predicted molar refractivity (Wildman–Crippen MR) is 70.0 cm³/mol. The van der Waals surface area contributed by atoms with Crippen molar-refractivity contribution in [1.82, 2.24) is 9.88 Å². The third-order valence-electron chi connectivity index (χ3n) is 3.20. The van der Waals surface area contributed by atoms with Gasteiger partial charge in [0.1, 0.15) is 5.01 Å². The Morgan fingerprint density at radius 2 is 2.38 bits per heavy atom. The highest BCUT2D eigenvalue weighted by Crippen LogP contribution is 2.19. The molecule has 0 spiro atoms. The van der Waals surface area contributed by atoms with Gasteiger partial charge < -0.3 is 0 Å². The fourth-order valence-corrected chi connectivity index (χ4v) is 3.22. The molecule has 1 aliphatic rings. The largest absolute Gasteiger partial charge is 0.297 e. The van der Waals surface area contributed by atoms with Gasteiger partial charge in [0, 0.05) is 5.38 Å². The molecule has 4 heteroatoms. The molecule has 0 bridgehead atoms. The highest BCUT2D eigenvalue weighted by molar-refractivity contribution is 7.09. The molecule has 0 radical (unpaired) electrons. The second-order valence-electron chi connectivity index (χ2n) is 4.68. The average Bonchev–Trinajstić information content (AvgIpc) is 2.63. The maximum absolute atomic E-state index is 5.76. The summed E-state index contributed by atoms with van der Waals surface area (Å²) in [6.07, 6.45) is 4.03. The van der Waals surface area contributed by atoms with Crippen LogP contribution in [0.25, 0.3) is 0 Å². The lowest BCUT2D eigenvalue weighted by atomic mass is 10.0. The summed E-state index contributed by atoms with van der Waals surface area (Å²) in [7, 11) is 0. The van der Waals surface area contributed by atoms with Gasteiger partial charge in [-0.05, 0) is 38.3 Å². The molecule has 0 amide bonds. The number of hydrogen-bond acceptors (Lipinski definition) is 3. The molecule has 0 aliphatic carbocycles. The normalized spacial score (nSPS) is 23.2. The molecule has 16 heavy (non-hydrogen) atoms. The van der Waals surface area contributed by atoms with E-state index in [2.05, 4.69) is 22.2 Å². The van der Waals surface area contributed by atoms with Crippen LogP contribution < -0.4 is 0 Å². The van der Waals surface area contributed by atoms with Crippen LogP contribution >= 0.6 is 22.9 Å².